The number of carbonyl (C=O) groups excluding carboxylic acids is 1. The van der Waals surface area contributed by atoms with Crippen molar-refractivity contribution in [2.45, 2.75) is 26.8 Å². The van der Waals surface area contributed by atoms with Gasteiger partial charge in [-0.3, -0.25) is 0 Å². The molecule has 1 N–H and O–H groups in total. The highest BCUT2D eigenvalue weighted by Gasteiger charge is 2.26. The minimum Gasteiger partial charge on any atom is -0.493 e. The number of methoxy groups -OCH3 is 2. The van der Waals surface area contributed by atoms with Crippen molar-refractivity contribution in [1.82, 2.24) is 5.32 Å². The lowest BCUT2D eigenvalue weighted by molar-refractivity contribution is -0.145. The van der Waals surface area contributed by atoms with Crippen LogP contribution in [0.5, 0.6) is 11.5 Å². The number of para-hydroxylation sites is 1. The van der Waals surface area contributed by atoms with E-state index >= 15 is 0 Å². The first-order chi connectivity index (χ1) is 10.0. The zero-order chi connectivity index (χ0) is 15.8. The van der Waals surface area contributed by atoms with Gasteiger partial charge in [0.15, 0.2) is 11.5 Å². The first kappa shape index (κ1) is 17.3. The Labute approximate surface area is 126 Å². The lowest BCUT2D eigenvalue weighted by Gasteiger charge is -2.22. The normalized spacial score (nSPS) is 12.1. The predicted octanol–water partition coefficient (Wildman–Crippen LogP) is 2.55. The zero-order valence-electron chi connectivity index (χ0n) is 13.4. The van der Waals surface area contributed by atoms with Crippen molar-refractivity contribution in [3.63, 3.8) is 0 Å². The molecule has 21 heavy (non-hydrogen) atoms. The van der Waals surface area contributed by atoms with Crippen LogP contribution in [0.1, 0.15) is 32.4 Å². The number of ether oxygens (including phenoxy) is 3. The highest BCUT2D eigenvalue weighted by atomic mass is 16.5. The Kier molecular flexibility index (Phi) is 7.02. The van der Waals surface area contributed by atoms with Crippen LogP contribution in [0.3, 0.4) is 0 Å². The summed E-state index contributed by atoms with van der Waals surface area (Å²) in [7, 11) is 3.13. The zero-order valence-corrected chi connectivity index (χ0v) is 13.4. The van der Waals surface area contributed by atoms with Crippen LogP contribution in [0.2, 0.25) is 0 Å². The quantitative estimate of drug-likeness (QED) is 0.747. The second-order valence-electron chi connectivity index (χ2n) is 5.07. The molecule has 0 aliphatic carbocycles. The average Bonchev–Trinajstić information content (AvgIpc) is 2.47. The highest BCUT2D eigenvalue weighted by molar-refractivity contribution is 5.79. The molecule has 0 aromatic heterocycles. The van der Waals surface area contributed by atoms with Gasteiger partial charge in [0.05, 0.1) is 20.8 Å². The standard InChI is InChI=1S/C16H25NO4/c1-6-21-16(18)14(17-10-11(2)3)12-8-7-9-13(19-4)15(12)20-5/h7-9,11,14,17H,6,10H2,1-5H3. The number of benzene rings is 1. The van der Waals surface area contributed by atoms with Gasteiger partial charge < -0.3 is 19.5 Å². The molecule has 0 aliphatic heterocycles. The van der Waals surface area contributed by atoms with E-state index in [9.17, 15) is 4.79 Å². The fourth-order valence-corrected chi connectivity index (χ4v) is 2.04. The van der Waals surface area contributed by atoms with E-state index in [-0.39, 0.29) is 5.97 Å². The molecule has 0 saturated carbocycles. The summed E-state index contributed by atoms with van der Waals surface area (Å²) in [5.41, 5.74) is 0.718. The van der Waals surface area contributed by atoms with Gasteiger partial charge in [0, 0.05) is 5.56 Å². The Balaban J connectivity index is 3.15. The molecule has 118 valence electrons. The number of carbonyl (C=O) groups is 1. The van der Waals surface area contributed by atoms with Crippen LogP contribution in [0, 0.1) is 5.92 Å². The van der Waals surface area contributed by atoms with E-state index in [2.05, 4.69) is 19.2 Å². The van der Waals surface area contributed by atoms with Crippen molar-refractivity contribution in [3.8, 4) is 11.5 Å². The molecule has 5 heteroatoms. The van der Waals surface area contributed by atoms with E-state index in [1.807, 2.05) is 12.1 Å². The summed E-state index contributed by atoms with van der Waals surface area (Å²) in [6.07, 6.45) is 0. The maximum Gasteiger partial charge on any atom is 0.327 e. The van der Waals surface area contributed by atoms with Crippen LogP contribution in [0.4, 0.5) is 0 Å². The van der Waals surface area contributed by atoms with Gasteiger partial charge in [-0.25, -0.2) is 4.79 Å². The lowest BCUT2D eigenvalue weighted by Crippen LogP contribution is -2.33. The first-order valence-corrected chi connectivity index (χ1v) is 7.16. The predicted molar refractivity (Wildman–Crippen MR) is 81.8 cm³/mol. The molecule has 0 spiro atoms. The minimum atomic E-state index is -0.572. The van der Waals surface area contributed by atoms with Gasteiger partial charge in [0.1, 0.15) is 6.04 Å². The number of esters is 1. The van der Waals surface area contributed by atoms with Crippen molar-refractivity contribution in [3.05, 3.63) is 23.8 Å². The number of hydrogen-bond donors (Lipinski definition) is 1. The molecule has 5 nitrogen and oxygen atoms in total. The minimum absolute atomic E-state index is 0.315. The van der Waals surface area contributed by atoms with Crippen LogP contribution in [-0.2, 0) is 9.53 Å². The van der Waals surface area contributed by atoms with E-state index in [0.29, 0.717) is 30.6 Å². The molecule has 0 fully saturated rings. The largest absolute Gasteiger partial charge is 0.493 e. The summed E-state index contributed by atoms with van der Waals surface area (Å²) in [4.78, 5) is 12.2. The molecule has 0 radical (unpaired) electrons. The third kappa shape index (κ3) is 4.63. The number of nitrogens with one attached hydrogen (secondary N) is 1. The maximum atomic E-state index is 12.2. The lowest BCUT2D eigenvalue weighted by atomic mass is 10.0. The second-order valence-corrected chi connectivity index (χ2v) is 5.07. The molecule has 1 aromatic rings. The molecular weight excluding hydrogens is 270 g/mol. The third-order valence-corrected chi connectivity index (χ3v) is 3.00. The Hall–Kier alpha value is -1.75. The fraction of sp³-hybridized carbons (Fsp3) is 0.562. The Bertz CT molecular complexity index is 460. The highest BCUT2D eigenvalue weighted by Crippen LogP contribution is 2.35. The fourth-order valence-electron chi connectivity index (χ4n) is 2.04. The van der Waals surface area contributed by atoms with Gasteiger partial charge in [-0.2, -0.15) is 0 Å². The summed E-state index contributed by atoms with van der Waals surface area (Å²) < 4.78 is 15.9. The van der Waals surface area contributed by atoms with Crippen LogP contribution in [-0.4, -0.2) is 33.3 Å². The van der Waals surface area contributed by atoms with E-state index in [1.54, 1.807) is 27.2 Å². The molecule has 0 saturated heterocycles. The molecule has 1 unspecified atom stereocenters. The maximum absolute atomic E-state index is 12.2. The Morgan fingerprint density at radius 2 is 1.95 bits per heavy atom. The topological polar surface area (TPSA) is 56.8 Å². The molecule has 1 rings (SSSR count). The van der Waals surface area contributed by atoms with Crippen molar-refractivity contribution in [1.29, 1.82) is 0 Å². The summed E-state index contributed by atoms with van der Waals surface area (Å²) in [6.45, 7) is 6.99. The SMILES string of the molecule is CCOC(=O)C(NCC(C)C)c1cccc(OC)c1OC. The third-order valence-electron chi connectivity index (χ3n) is 3.00. The van der Waals surface area contributed by atoms with Crippen LogP contribution >= 0.6 is 0 Å². The summed E-state index contributed by atoms with van der Waals surface area (Å²) in [6, 6.07) is 4.90. The van der Waals surface area contributed by atoms with Gasteiger partial charge in [-0.1, -0.05) is 26.0 Å². The Morgan fingerprint density at radius 1 is 1.24 bits per heavy atom. The van der Waals surface area contributed by atoms with Gasteiger partial charge in [-0.15, -0.1) is 0 Å². The first-order valence-electron chi connectivity index (χ1n) is 7.16. The van der Waals surface area contributed by atoms with E-state index < -0.39 is 6.04 Å². The molecule has 0 heterocycles. The smallest absolute Gasteiger partial charge is 0.327 e. The molecule has 1 aromatic carbocycles. The van der Waals surface area contributed by atoms with Crippen molar-refractivity contribution in [2.75, 3.05) is 27.4 Å². The van der Waals surface area contributed by atoms with Crippen LogP contribution < -0.4 is 14.8 Å². The van der Waals surface area contributed by atoms with Crippen LogP contribution in [0.15, 0.2) is 18.2 Å². The molecular formula is C16H25NO4. The van der Waals surface area contributed by atoms with E-state index in [0.717, 1.165) is 5.56 Å². The van der Waals surface area contributed by atoms with Gasteiger partial charge in [0.25, 0.3) is 0 Å². The van der Waals surface area contributed by atoms with Gasteiger partial charge >= 0.3 is 5.97 Å². The number of rotatable bonds is 8. The summed E-state index contributed by atoms with van der Waals surface area (Å²) >= 11 is 0. The second kappa shape index (κ2) is 8.52. The van der Waals surface area contributed by atoms with E-state index in [1.165, 1.54) is 0 Å². The van der Waals surface area contributed by atoms with Crippen molar-refractivity contribution in [2.24, 2.45) is 5.92 Å². The molecule has 0 aliphatic rings. The van der Waals surface area contributed by atoms with Crippen LogP contribution in [0.25, 0.3) is 0 Å². The summed E-state index contributed by atoms with van der Waals surface area (Å²) in [5, 5.41) is 3.24. The molecule has 1 atom stereocenters. The number of hydrogen-bond acceptors (Lipinski definition) is 5. The van der Waals surface area contributed by atoms with E-state index in [4.69, 9.17) is 14.2 Å². The van der Waals surface area contributed by atoms with Crippen molar-refractivity contribution >= 4 is 5.97 Å². The van der Waals surface area contributed by atoms with Gasteiger partial charge in [-0.05, 0) is 25.5 Å². The van der Waals surface area contributed by atoms with Crippen molar-refractivity contribution < 1.29 is 19.0 Å². The van der Waals surface area contributed by atoms with Gasteiger partial charge in [0.2, 0.25) is 0 Å². The average molecular weight is 295 g/mol. The molecule has 0 bridgehead atoms. The molecule has 0 amide bonds. The summed E-state index contributed by atoms with van der Waals surface area (Å²) in [5.74, 6) is 1.24. The monoisotopic (exact) mass is 295 g/mol. The Morgan fingerprint density at radius 3 is 2.48 bits per heavy atom.